The molecule has 3 aromatic rings. The van der Waals surface area contributed by atoms with E-state index in [1.165, 1.54) is 11.1 Å². The Morgan fingerprint density at radius 1 is 0.973 bits per heavy atom. The molecule has 0 aromatic heterocycles. The number of halogens is 3. The minimum atomic E-state index is -1.11. The average Bonchev–Trinajstić information content (AvgIpc) is 2.85. The Hall–Kier alpha value is -4.05. The zero-order chi connectivity index (χ0) is 26.5. The van der Waals surface area contributed by atoms with Gasteiger partial charge in [0.25, 0.3) is 0 Å². The molecule has 1 N–H and O–H groups in total. The summed E-state index contributed by atoms with van der Waals surface area (Å²) in [5.41, 5.74) is 2.73. The maximum Gasteiger partial charge on any atom is 0.528 e. The molecule has 4 rings (SSSR count). The van der Waals surface area contributed by atoms with Gasteiger partial charge in [0.2, 0.25) is 0 Å². The number of hydrogen-bond donors (Lipinski definition) is 1. The maximum absolute atomic E-state index is 14.7. The number of carboxylic acid groups (broad SMARTS) is 1. The van der Waals surface area contributed by atoms with Crippen molar-refractivity contribution >= 4 is 12.1 Å². The predicted octanol–water partition coefficient (Wildman–Crippen LogP) is 5.42. The number of benzene rings is 3. The lowest BCUT2D eigenvalue weighted by Crippen LogP contribution is -2.34. The highest BCUT2D eigenvalue weighted by Gasteiger charge is 2.27. The Balaban J connectivity index is 1.54. The number of rotatable bonds is 8. The Labute approximate surface area is 210 Å². The molecule has 3 aromatic carbocycles. The van der Waals surface area contributed by atoms with Crippen molar-refractivity contribution < 1.29 is 42.2 Å². The van der Waals surface area contributed by atoms with Crippen LogP contribution in [0, 0.1) is 17.5 Å². The van der Waals surface area contributed by atoms with Gasteiger partial charge in [0, 0.05) is 17.7 Å². The first-order chi connectivity index (χ1) is 17.7. The fourth-order valence-electron chi connectivity index (χ4n) is 4.21. The summed E-state index contributed by atoms with van der Waals surface area (Å²) < 4.78 is 52.5. The summed E-state index contributed by atoms with van der Waals surface area (Å²) in [6.45, 7) is 1.83. The van der Waals surface area contributed by atoms with Crippen molar-refractivity contribution in [2.45, 2.75) is 32.9 Å². The van der Waals surface area contributed by atoms with Crippen LogP contribution in [-0.4, -0.2) is 35.4 Å². The third kappa shape index (κ3) is 6.21. The molecule has 10 heteroatoms. The van der Waals surface area contributed by atoms with Crippen LogP contribution in [0.25, 0.3) is 11.1 Å². The van der Waals surface area contributed by atoms with E-state index in [0.717, 1.165) is 18.2 Å². The van der Waals surface area contributed by atoms with Crippen LogP contribution in [0.1, 0.15) is 29.2 Å². The number of hydroxylamine groups is 2. The van der Waals surface area contributed by atoms with Gasteiger partial charge in [-0.25, -0.2) is 18.0 Å². The Morgan fingerprint density at radius 2 is 1.73 bits per heavy atom. The first kappa shape index (κ1) is 26.0. The molecular formula is C27H24F3NO6. The first-order valence-corrected chi connectivity index (χ1v) is 11.6. The van der Waals surface area contributed by atoms with Crippen molar-refractivity contribution in [3.8, 4) is 16.9 Å². The Kier molecular flexibility index (Phi) is 7.98. The molecule has 0 aliphatic carbocycles. The summed E-state index contributed by atoms with van der Waals surface area (Å²) in [5.74, 6) is -2.32. The molecule has 0 spiro atoms. The summed E-state index contributed by atoms with van der Waals surface area (Å²) in [7, 11) is 0. The second kappa shape index (κ2) is 11.3. The van der Waals surface area contributed by atoms with Crippen molar-refractivity contribution in [1.82, 2.24) is 5.06 Å². The molecule has 1 aliphatic heterocycles. The third-order valence-electron chi connectivity index (χ3n) is 5.87. The van der Waals surface area contributed by atoms with E-state index in [0.29, 0.717) is 40.2 Å². The van der Waals surface area contributed by atoms with Gasteiger partial charge in [0.15, 0.2) is 0 Å². The largest absolute Gasteiger partial charge is 0.528 e. The zero-order valence-corrected chi connectivity index (χ0v) is 19.9. The van der Waals surface area contributed by atoms with Crippen LogP contribution in [-0.2, 0) is 40.4 Å². The Morgan fingerprint density at radius 3 is 2.49 bits per heavy atom. The minimum absolute atomic E-state index is 0.0360. The van der Waals surface area contributed by atoms with Gasteiger partial charge in [0.05, 0.1) is 19.6 Å². The van der Waals surface area contributed by atoms with Crippen LogP contribution in [0.5, 0.6) is 5.75 Å². The molecule has 0 unspecified atom stereocenters. The smallest absolute Gasteiger partial charge is 0.493 e. The number of carbonyl (C=O) groups excluding carboxylic acids is 1. The van der Waals surface area contributed by atoms with E-state index in [4.69, 9.17) is 19.4 Å². The molecule has 7 nitrogen and oxygen atoms in total. The van der Waals surface area contributed by atoms with Crippen LogP contribution >= 0.6 is 0 Å². The number of hydrogen-bond acceptors (Lipinski definition) is 6. The monoisotopic (exact) mass is 515 g/mol. The van der Waals surface area contributed by atoms with Crippen molar-refractivity contribution in [3.63, 3.8) is 0 Å². The van der Waals surface area contributed by atoms with Gasteiger partial charge in [-0.15, -0.1) is 5.06 Å². The molecule has 0 amide bonds. The number of ether oxygens (including phenoxy) is 2. The van der Waals surface area contributed by atoms with Gasteiger partial charge in [-0.1, -0.05) is 18.2 Å². The van der Waals surface area contributed by atoms with E-state index in [9.17, 15) is 22.8 Å². The van der Waals surface area contributed by atoms with Crippen molar-refractivity contribution in [2.24, 2.45) is 0 Å². The fourth-order valence-corrected chi connectivity index (χ4v) is 4.21. The van der Waals surface area contributed by atoms with Gasteiger partial charge in [-0.3, -0.25) is 4.79 Å². The van der Waals surface area contributed by atoms with E-state index >= 15 is 0 Å². The molecule has 0 bridgehead atoms. The van der Waals surface area contributed by atoms with Gasteiger partial charge in [-0.2, -0.15) is 0 Å². The second-order valence-corrected chi connectivity index (χ2v) is 8.37. The van der Waals surface area contributed by atoms with Crippen LogP contribution < -0.4 is 4.74 Å². The summed E-state index contributed by atoms with van der Waals surface area (Å²) in [4.78, 5) is 28.6. The number of fused-ring (bicyclic) bond motifs is 1. The quantitative estimate of drug-likeness (QED) is 0.401. The molecular weight excluding hydrogens is 491 g/mol. The topological polar surface area (TPSA) is 85.3 Å². The summed E-state index contributed by atoms with van der Waals surface area (Å²) in [6, 6.07) is 10.8. The summed E-state index contributed by atoms with van der Waals surface area (Å²) in [6.07, 6.45) is -1.05. The minimum Gasteiger partial charge on any atom is -0.493 e. The lowest BCUT2D eigenvalue weighted by molar-refractivity contribution is -0.139. The highest BCUT2D eigenvalue weighted by Crippen LogP contribution is 2.38. The summed E-state index contributed by atoms with van der Waals surface area (Å²) in [5, 5.41) is 10.4. The molecule has 0 radical (unpaired) electrons. The van der Waals surface area contributed by atoms with E-state index in [-0.39, 0.29) is 31.5 Å². The van der Waals surface area contributed by atoms with Crippen molar-refractivity contribution in [1.29, 1.82) is 0 Å². The normalized spacial score (nSPS) is 13.1. The number of carbonyl (C=O) groups is 2. The first-order valence-electron chi connectivity index (χ1n) is 11.6. The van der Waals surface area contributed by atoms with Crippen LogP contribution in [0.3, 0.4) is 0 Å². The lowest BCUT2D eigenvalue weighted by Gasteiger charge is -2.29. The van der Waals surface area contributed by atoms with Gasteiger partial charge >= 0.3 is 12.1 Å². The molecule has 0 saturated heterocycles. The van der Waals surface area contributed by atoms with Gasteiger partial charge < -0.3 is 19.4 Å². The predicted molar refractivity (Wildman–Crippen MR) is 126 cm³/mol. The van der Waals surface area contributed by atoms with Gasteiger partial charge in [-0.05, 0) is 65.9 Å². The van der Waals surface area contributed by atoms with Gasteiger partial charge in [0.1, 0.15) is 29.8 Å². The van der Waals surface area contributed by atoms with E-state index < -0.39 is 36.2 Å². The van der Waals surface area contributed by atoms with Crippen molar-refractivity contribution in [2.75, 3.05) is 13.2 Å². The molecule has 0 atom stereocenters. The number of carboxylic acids is 1. The van der Waals surface area contributed by atoms with Crippen LogP contribution in [0.4, 0.5) is 18.0 Å². The molecule has 1 heterocycles. The third-order valence-corrected chi connectivity index (χ3v) is 5.87. The highest BCUT2D eigenvalue weighted by atomic mass is 19.1. The zero-order valence-electron chi connectivity index (χ0n) is 19.9. The molecule has 0 saturated carbocycles. The lowest BCUT2D eigenvalue weighted by atomic mass is 9.90. The molecule has 1 aliphatic rings. The molecule has 194 valence electrons. The number of nitrogens with zero attached hydrogens (tertiary/aromatic N) is 1. The molecule has 0 fully saturated rings. The van der Waals surface area contributed by atoms with E-state index in [2.05, 4.69) is 0 Å². The highest BCUT2D eigenvalue weighted by molar-refractivity contribution is 5.77. The SMILES string of the molecule is CCOc1cc(CC(=O)O)ccc1-c1ccc(F)c2c1CN(OC(=O)OCc1cc(F)ccc1F)CC2. The van der Waals surface area contributed by atoms with Crippen LogP contribution in [0.2, 0.25) is 0 Å². The summed E-state index contributed by atoms with van der Waals surface area (Å²) >= 11 is 0. The second-order valence-electron chi connectivity index (χ2n) is 8.37. The fraction of sp³-hybridized carbons (Fsp3) is 0.259. The standard InChI is InChI=1S/C27H24F3NO6/c1-2-35-25-11-16(12-26(32)33)3-5-21(25)19-6-8-24(30)20-9-10-31(14-22(19)20)37-27(34)36-15-17-13-18(28)4-7-23(17)29/h3-8,11,13H,2,9-10,12,14-15H2,1H3,(H,32,33). The maximum atomic E-state index is 14.7. The van der Waals surface area contributed by atoms with Crippen molar-refractivity contribution in [3.05, 3.63) is 88.2 Å². The van der Waals surface area contributed by atoms with E-state index in [1.807, 2.05) is 0 Å². The molecule has 37 heavy (non-hydrogen) atoms. The van der Waals surface area contributed by atoms with Crippen LogP contribution in [0.15, 0.2) is 48.5 Å². The number of aliphatic carboxylic acids is 1. The average molecular weight is 515 g/mol. The Bertz CT molecular complexity index is 1330. The van der Waals surface area contributed by atoms with E-state index in [1.54, 1.807) is 31.2 Å².